The van der Waals surface area contributed by atoms with E-state index in [2.05, 4.69) is 4.98 Å². The highest BCUT2D eigenvalue weighted by atomic mass is 35.5. The van der Waals surface area contributed by atoms with E-state index in [4.69, 9.17) is 11.6 Å². The van der Waals surface area contributed by atoms with Gasteiger partial charge in [-0.25, -0.2) is 18.2 Å². The van der Waals surface area contributed by atoms with Gasteiger partial charge in [0.15, 0.2) is 0 Å². The summed E-state index contributed by atoms with van der Waals surface area (Å²) in [4.78, 5) is 2.96. The second-order valence-corrected chi connectivity index (χ2v) is 2.50. The Hall–Kier alpha value is -0.840. The van der Waals surface area contributed by atoms with Crippen LogP contribution in [0, 0.1) is 11.8 Å². The lowest BCUT2D eigenvalue weighted by molar-refractivity contribution is 0.145. The molecule has 13 heavy (non-hydrogen) atoms. The van der Waals surface area contributed by atoms with Gasteiger partial charge < -0.3 is 0 Å². The normalized spacial score (nSPS) is 10.9. The molecular formula is C7H4ClF4N. The van der Waals surface area contributed by atoms with Crippen LogP contribution in [0.3, 0.4) is 0 Å². The van der Waals surface area contributed by atoms with Gasteiger partial charge in [0.05, 0.1) is 17.0 Å². The number of aromatic nitrogens is 1. The maximum atomic E-state index is 12.9. The molecule has 0 aliphatic heterocycles. The summed E-state index contributed by atoms with van der Waals surface area (Å²) in [5.41, 5.74) is -1.56. The number of alkyl halides is 3. The average Bonchev–Trinajstić information content (AvgIpc) is 2.04. The summed E-state index contributed by atoms with van der Waals surface area (Å²) in [6.45, 7) is 0. The standard InChI is InChI=1S/C7H4ClF4N/c8-1-3-5(9)4(6(10)11)2-13-7(3)12/h2,6H,1H2. The molecule has 0 atom stereocenters. The molecule has 0 amide bonds. The smallest absolute Gasteiger partial charge is 0.227 e. The van der Waals surface area contributed by atoms with E-state index < -0.39 is 35.2 Å². The zero-order valence-corrected chi connectivity index (χ0v) is 6.95. The minimum absolute atomic E-state index is 0.464. The Bertz CT molecular complexity index is 316. The Morgan fingerprint density at radius 3 is 2.46 bits per heavy atom. The van der Waals surface area contributed by atoms with Crippen LogP contribution in [0.5, 0.6) is 0 Å². The van der Waals surface area contributed by atoms with Crippen LogP contribution >= 0.6 is 11.6 Å². The van der Waals surface area contributed by atoms with Gasteiger partial charge >= 0.3 is 0 Å². The molecule has 0 aromatic carbocycles. The molecule has 0 radical (unpaired) electrons. The molecule has 0 aliphatic rings. The molecule has 0 unspecified atom stereocenters. The van der Waals surface area contributed by atoms with Gasteiger partial charge in [0.25, 0.3) is 6.43 Å². The van der Waals surface area contributed by atoms with Crippen LogP contribution in [0.25, 0.3) is 0 Å². The van der Waals surface area contributed by atoms with Crippen molar-refractivity contribution in [1.82, 2.24) is 4.98 Å². The highest BCUT2D eigenvalue weighted by molar-refractivity contribution is 6.17. The molecule has 0 saturated heterocycles. The van der Waals surface area contributed by atoms with E-state index >= 15 is 0 Å². The summed E-state index contributed by atoms with van der Waals surface area (Å²) in [6, 6.07) is 0. The number of hydrogen-bond donors (Lipinski definition) is 0. The molecule has 1 aromatic heterocycles. The number of halogens is 5. The molecule has 0 fully saturated rings. The zero-order valence-electron chi connectivity index (χ0n) is 6.20. The number of pyridine rings is 1. The Kier molecular flexibility index (Phi) is 3.08. The molecule has 0 saturated carbocycles. The molecule has 1 heterocycles. The minimum atomic E-state index is -3.02. The van der Waals surface area contributed by atoms with Crippen molar-refractivity contribution in [2.75, 3.05) is 0 Å². The number of rotatable bonds is 2. The van der Waals surface area contributed by atoms with Crippen LogP contribution in [-0.4, -0.2) is 4.98 Å². The van der Waals surface area contributed by atoms with Crippen LogP contribution in [0.1, 0.15) is 17.6 Å². The largest absolute Gasteiger partial charge is 0.268 e. The van der Waals surface area contributed by atoms with E-state index in [0.29, 0.717) is 6.20 Å². The summed E-state index contributed by atoms with van der Waals surface area (Å²) >= 11 is 5.15. The Morgan fingerprint density at radius 1 is 1.38 bits per heavy atom. The van der Waals surface area contributed by atoms with Crippen molar-refractivity contribution in [3.05, 3.63) is 29.1 Å². The molecular weight excluding hydrogens is 210 g/mol. The van der Waals surface area contributed by atoms with E-state index in [9.17, 15) is 17.6 Å². The third-order valence-electron chi connectivity index (χ3n) is 1.45. The van der Waals surface area contributed by atoms with Gasteiger partial charge in [-0.05, 0) is 0 Å². The van der Waals surface area contributed by atoms with Gasteiger partial charge in [0, 0.05) is 6.20 Å². The van der Waals surface area contributed by atoms with Crippen LogP contribution < -0.4 is 0 Å². The average molecular weight is 214 g/mol. The fourth-order valence-corrected chi connectivity index (χ4v) is 1.02. The highest BCUT2D eigenvalue weighted by Crippen LogP contribution is 2.25. The molecule has 1 nitrogen and oxygen atoms in total. The molecule has 0 aliphatic carbocycles. The lowest BCUT2D eigenvalue weighted by atomic mass is 10.2. The van der Waals surface area contributed by atoms with Crippen molar-refractivity contribution in [2.24, 2.45) is 0 Å². The lowest BCUT2D eigenvalue weighted by Gasteiger charge is -2.04. The minimum Gasteiger partial charge on any atom is -0.227 e. The predicted octanol–water partition coefficient (Wildman–Crippen LogP) is 3.04. The first-order chi connectivity index (χ1) is 6.07. The summed E-state index contributed by atoms with van der Waals surface area (Å²) in [5.74, 6) is -3.00. The molecule has 0 N–H and O–H groups in total. The van der Waals surface area contributed by atoms with Gasteiger partial charge in [-0.2, -0.15) is 4.39 Å². The van der Waals surface area contributed by atoms with Crippen LogP contribution in [-0.2, 0) is 5.88 Å². The molecule has 1 aromatic rings. The van der Waals surface area contributed by atoms with Crippen molar-refractivity contribution in [3.8, 4) is 0 Å². The lowest BCUT2D eigenvalue weighted by Crippen LogP contribution is -2.02. The van der Waals surface area contributed by atoms with Gasteiger partial charge in [-0.1, -0.05) is 0 Å². The second-order valence-electron chi connectivity index (χ2n) is 2.23. The molecule has 6 heteroatoms. The summed E-state index contributed by atoms with van der Waals surface area (Å²) in [7, 11) is 0. The van der Waals surface area contributed by atoms with Crippen LogP contribution in [0.2, 0.25) is 0 Å². The van der Waals surface area contributed by atoms with Gasteiger partial charge in [0.1, 0.15) is 5.82 Å². The molecule has 0 bridgehead atoms. The van der Waals surface area contributed by atoms with E-state index in [1.54, 1.807) is 0 Å². The molecule has 0 spiro atoms. The Labute approximate surface area is 76.3 Å². The maximum Gasteiger partial charge on any atom is 0.268 e. The van der Waals surface area contributed by atoms with Crippen molar-refractivity contribution in [1.29, 1.82) is 0 Å². The first kappa shape index (κ1) is 10.2. The highest BCUT2D eigenvalue weighted by Gasteiger charge is 2.19. The van der Waals surface area contributed by atoms with Crippen LogP contribution in [0.4, 0.5) is 17.6 Å². The maximum absolute atomic E-state index is 12.9. The second kappa shape index (κ2) is 3.91. The van der Waals surface area contributed by atoms with Gasteiger partial charge in [0.2, 0.25) is 5.95 Å². The van der Waals surface area contributed by atoms with E-state index in [-0.39, 0.29) is 0 Å². The number of hydrogen-bond acceptors (Lipinski definition) is 1. The zero-order chi connectivity index (χ0) is 10.0. The van der Waals surface area contributed by atoms with Crippen LogP contribution in [0.15, 0.2) is 6.20 Å². The van der Waals surface area contributed by atoms with E-state index in [1.807, 2.05) is 0 Å². The monoisotopic (exact) mass is 213 g/mol. The van der Waals surface area contributed by atoms with Crippen molar-refractivity contribution >= 4 is 11.6 Å². The Balaban J connectivity index is 3.27. The number of nitrogens with zero attached hydrogens (tertiary/aromatic N) is 1. The third kappa shape index (κ3) is 1.91. The third-order valence-corrected chi connectivity index (χ3v) is 1.72. The quantitative estimate of drug-likeness (QED) is 0.418. The molecule has 1 rings (SSSR count). The van der Waals surface area contributed by atoms with E-state index in [0.717, 1.165) is 0 Å². The topological polar surface area (TPSA) is 12.9 Å². The van der Waals surface area contributed by atoms with Crippen molar-refractivity contribution in [3.63, 3.8) is 0 Å². The SMILES string of the molecule is Fc1ncc(C(F)F)c(F)c1CCl. The summed E-state index contributed by atoms with van der Waals surface area (Å²) in [5, 5.41) is 0. The predicted molar refractivity (Wildman–Crippen MR) is 38.7 cm³/mol. The summed E-state index contributed by atoms with van der Waals surface area (Å²) in [6.07, 6.45) is -2.55. The van der Waals surface area contributed by atoms with Gasteiger partial charge in [-0.15, -0.1) is 11.6 Å². The molecule has 72 valence electrons. The fourth-order valence-electron chi connectivity index (χ4n) is 0.792. The first-order valence-electron chi connectivity index (χ1n) is 3.24. The van der Waals surface area contributed by atoms with Gasteiger partial charge in [-0.3, -0.25) is 0 Å². The van der Waals surface area contributed by atoms with Crippen molar-refractivity contribution in [2.45, 2.75) is 12.3 Å². The summed E-state index contributed by atoms with van der Waals surface area (Å²) < 4.78 is 49.6. The fraction of sp³-hybridized carbons (Fsp3) is 0.286. The van der Waals surface area contributed by atoms with E-state index in [1.165, 1.54) is 0 Å². The first-order valence-corrected chi connectivity index (χ1v) is 3.78. The van der Waals surface area contributed by atoms with Crippen molar-refractivity contribution < 1.29 is 17.6 Å². The Morgan fingerprint density at radius 2 is 2.00 bits per heavy atom.